The third kappa shape index (κ3) is 2.48. The number of nitroso groups, excluding NO2 is 1. The van der Waals surface area contributed by atoms with Crippen molar-refractivity contribution >= 4 is 29.6 Å². The Kier molecular flexibility index (Phi) is 3.26. The largest absolute Gasteiger partial charge is 0.372 e. The molecule has 0 spiro atoms. The normalized spacial score (nSPS) is 8.33. The van der Waals surface area contributed by atoms with Gasteiger partial charge in [0.25, 0.3) is 0 Å². The van der Waals surface area contributed by atoms with Gasteiger partial charge in [-0.25, -0.2) is 4.79 Å². The van der Waals surface area contributed by atoms with Gasteiger partial charge in [0.1, 0.15) is 0 Å². The zero-order valence-corrected chi connectivity index (χ0v) is 5.93. The first-order valence-corrected chi connectivity index (χ1v) is 2.50. The fourth-order valence-electron chi connectivity index (χ4n) is 0.144. The predicted molar refractivity (Wildman–Crippen MR) is 32.5 cm³/mol. The van der Waals surface area contributed by atoms with E-state index in [1.165, 1.54) is 0 Å². The van der Waals surface area contributed by atoms with Crippen molar-refractivity contribution < 1.29 is 4.79 Å². The Labute approximate surface area is 61.3 Å². The molecule has 0 unspecified atom stereocenters. The molecule has 0 aliphatic heterocycles. The standard InChI is InChI=1S/C2H3Cl2N3O2/c1-6(5-9)2(8)7(3)4/h1H3. The molecule has 0 heterocycles. The molecule has 0 aliphatic rings. The van der Waals surface area contributed by atoms with E-state index in [1.54, 1.807) is 0 Å². The minimum absolute atomic E-state index is 0.210. The van der Waals surface area contributed by atoms with Crippen molar-refractivity contribution in [1.82, 2.24) is 8.95 Å². The van der Waals surface area contributed by atoms with Crippen LogP contribution in [0.15, 0.2) is 5.29 Å². The number of carbonyl (C=O) groups is 1. The Morgan fingerprint density at radius 2 is 2.00 bits per heavy atom. The summed E-state index contributed by atoms with van der Waals surface area (Å²) in [6.07, 6.45) is 0. The molecule has 0 bridgehead atoms. The summed E-state index contributed by atoms with van der Waals surface area (Å²) < 4.78 is 0.210. The van der Waals surface area contributed by atoms with Crippen LogP contribution in [0.25, 0.3) is 0 Å². The van der Waals surface area contributed by atoms with Gasteiger partial charge in [-0.1, -0.05) is 0 Å². The molecule has 0 atom stereocenters. The summed E-state index contributed by atoms with van der Waals surface area (Å²) >= 11 is 9.82. The Morgan fingerprint density at radius 3 is 2.11 bits per heavy atom. The predicted octanol–water partition coefficient (Wildman–Crippen LogP) is 1.33. The highest BCUT2D eigenvalue weighted by atomic mass is 35.5. The van der Waals surface area contributed by atoms with Crippen LogP contribution in [0.5, 0.6) is 0 Å². The number of halogens is 2. The van der Waals surface area contributed by atoms with Gasteiger partial charge in [-0.2, -0.15) is 5.01 Å². The number of hydrogen-bond donors (Lipinski definition) is 0. The Morgan fingerprint density at radius 1 is 1.56 bits per heavy atom. The summed E-state index contributed by atoms with van der Waals surface area (Å²) in [5.74, 6) is 0. The zero-order chi connectivity index (χ0) is 7.44. The molecule has 0 rings (SSSR count). The van der Waals surface area contributed by atoms with E-state index in [4.69, 9.17) is 23.6 Å². The molecule has 0 aromatic rings. The van der Waals surface area contributed by atoms with Gasteiger partial charge in [0.05, 0.1) is 5.29 Å². The van der Waals surface area contributed by atoms with Crippen LogP contribution in [-0.4, -0.2) is 22.0 Å². The van der Waals surface area contributed by atoms with Gasteiger partial charge < -0.3 is 0 Å². The van der Waals surface area contributed by atoms with E-state index in [0.717, 1.165) is 7.05 Å². The number of hydrogen-bond acceptors (Lipinski definition) is 3. The average molecular weight is 172 g/mol. The van der Waals surface area contributed by atoms with E-state index >= 15 is 0 Å². The fraction of sp³-hybridized carbons (Fsp3) is 0.500. The zero-order valence-electron chi connectivity index (χ0n) is 4.41. The van der Waals surface area contributed by atoms with Crippen molar-refractivity contribution in [3.63, 3.8) is 0 Å². The van der Waals surface area contributed by atoms with E-state index in [2.05, 4.69) is 5.29 Å². The van der Waals surface area contributed by atoms with Crippen LogP contribution >= 0.6 is 23.6 Å². The molecule has 5 nitrogen and oxygen atoms in total. The third-order valence-electron chi connectivity index (χ3n) is 0.544. The third-order valence-corrected chi connectivity index (χ3v) is 0.833. The van der Waals surface area contributed by atoms with E-state index < -0.39 is 6.03 Å². The lowest BCUT2D eigenvalue weighted by atomic mass is 11.0. The van der Waals surface area contributed by atoms with Crippen molar-refractivity contribution in [2.45, 2.75) is 0 Å². The van der Waals surface area contributed by atoms with E-state index in [0.29, 0.717) is 5.01 Å². The minimum Gasteiger partial charge on any atom is -0.244 e. The Hall–Kier alpha value is -0.550. The van der Waals surface area contributed by atoms with Crippen LogP contribution in [-0.2, 0) is 0 Å². The maximum absolute atomic E-state index is 10.4. The average Bonchev–Trinajstić information content (AvgIpc) is 1.84. The second-order valence-electron chi connectivity index (χ2n) is 1.12. The number of rotatable bonds is 1. The molecule has 9 heavy (non-hydrogen) atoms. The van der Waals surface area contributed by atoms with Gasteiger partial charge in [-0.15, -0.1) is 8.85 Å². The van der Waals surface area contributed by atoms with Gasteiger partial charge >= 0.3 is 6.03 Å². The molecule has 2 amide bonds. The fourth-order valence-corrected chi connectivity index (χ4v) is 0.363. The highest BCUT2D eigenvalue weighted by Gasteiger charge is 2.13. The molecule has 0 saturated carbocycles. The molecule has 0 aromatic heterocycles. The highest BCUT2D eigenvalue weighted by Crippen LogP contribution is 2.03. The van der Waals surface area contributed by atoms with Gasteiger partial charge in [0.15, 0.2) is 0 Å². The summed E-state index contributed by atoms with van der Waals surface area (Å²) in [4.78, 5) is 19.9. The highest BCUT2D eigenvalue weighted by molar-refractivity contribution is 6.41. The second-order valence-corrected chi connectivity index (χ2v) is 1.97. The molecule has 0 aliphatic carbocycles. The number of nitrogens with zero attached hydrogens (tertiary/aromatic N) is 3. The van der Waals surface area contributed by atoms with Crippen LogP contribution in [0.1, 0.15) is 0 Å². The first-order valence-electron chi connectivity index (χ1n) is 1.82. The Balaban J connectivity index is 3.87. The number of amides is 2. The smallest absolute Gasteiger partial charge is 0.244 e. The number of urea groups is 1. The van der Waals surface area contributed by atoms with Gasteiger partial charge in [-0.05, 0) is 0 Å². The van der Waals surface area contributed by atoms with Crippen molar-refractivity contribution in [1.29, 1.82) is 0 Å². The van der Waals surface area contributed by atoms with Gasteiger partial charge in [-0.3, -0.25) is 0 Å². The van der Waals surface area contributed by atoms with Crippen LogP contribution < -0.4 is 0 Å². The molecule has 0 aromatic carbocycles. The quantitative estimate of drug-likeness (QED) is 0.340. The lowest BCUT2D eigenvalue weighted by Gasteiger charge is -2.07. The topological polar surface area (TPSA) is 53.0 Å². The van der Waals surface area contributed by atoms with Gasteiger partial charge in [0.2, 0.25) is 0 Å². The van der Waals surface area contributed by atoms with Crippen LogP contribution in [0.4, 0.5) is 4.79 Å². The lowest BCUT2D eigenvalue weighted by molar-refractivity contribution is 0.205. The number of carbonyl (C=O) groups excluding carboxylic acids is 1. The summed E-state index contributed by atoms with van der Waals surface area (Å²) in [6, 6.07) is -0.895. The molecular formula is C2H3Cl2N3O2. The molecule has 0 radical (unpaired) electrons. The van der Waals surface area contributed by atoms with Crippen molar-refractivity contribution in [3.8, 4) is 0 Å². The van der Waals surface area contributed by atoms with E-state index in [9.17, 15) is 9.70 Å². The molecule has 52 valence electrons. The molecule has 7 heteroatoms. The maximum Gasteiger partial charge on any atom is 0.372 e. The van der Waals surface area contributed by atoms with Crippen molar-refractivity contribution in [2.75, 3.05) is 7.05 Å². The Bertz CT molecular complexity index is 127. The molecule has 0 fully saturated rings. The lowest BCUT2D eigenvalue weighted by Crippen LogP contribution is -2.25. The first kappa shape index (κ1) is 8.45. The molecule has 0 saturated heterocycles. The van der Waals surface area contributed by atoms with Crippen LogP contribution in [0, 0.1) is 4.91 Å². The van der Waals surface area contributed by atoms with Crippen LogP contribution in [0.2, 0.25) is 0 Å². The summed E-state index contributed by atoms with van der Waals surface area (Å²) in [7, 11) is 1.13. The maximum atomic E-state index is 10.4. The second kappa shape index (κ2) is 3.47. The molecular weight excluding hydrogens is 169 g/mol. The van der Waals surface area contributed by atoms with Gasteiger partial charge in [0, 0.05) is 30.6 Å². The SMILES string of the molecule is CN(N=O)C(=O)N(Cl)Cl. The van der Waals surface area contributed by atoms with E-state index in [1.807, 2.05) is 0 Å². The van der Waals surface area contributed by atoms with E-state index in [-0.39, 0.29) is 3.94 Å². The summed E-state index contributed by atoms with van der Waals surface area (Å²) in [5.41, 5.74) is 0. The monoisotopic (exact) mass is 171 g/mol. The summed E-state index contributed by atoms with van der Waals surface area (Å²) in [6.45, 7) is 0. The first-order chi connectivity index (χ1) is 4.09. The molecule has 0 N–H and O–H groups in total. The van der Waals surface area contributed by atoms with Crippen molar-refractivity contribution in [3.05, 3.63) is 4.91 Å². The van der Waals surface area contributed by atoms with Crippen LogP contribution in [0.3, 0.4) is 0 Å². The minimum atomic E-state index is -0.895. The summed E-state index contributed by atoms with van der Waals surface area (Å²) in [5, 5.41) is 2.69. The van der Waals surface area contributed by atoms with Crippen molar-refractivity contribution in [2.24, 2.45) is 5.29 Å².